The van der Waals surface area contributed by atoms with Crippen molar-refractivity contribution in [1.29, 1.82) is 0 Å². The maximum Gasteiger partial charge on any atom is 0.422 e. The fraction of sp³-hybridized carbons (Fsp3) is 0.226. The highest BCUT2D eigenvalue weighted by molar-refractivity contribution is 5.88. The third kappa shape index (κ3) is 6.77. The highest BCUT2D eigenvalue weighted by Gasteiger charge is 2.28. The molecule has 0 fully saturated rings. The topological polar surface area (TPSA) is 9.23 Å². The van der Waals surface area contributed by atoms with Crippen LogP contribution in [0.3, 0.4) is 0 Å². The Morgan fingerprint density at radius 1 is 0.763 bits per heavy atom. The molecule has 0 spiro atoms. The van der Waals surface area contributed by atoms with Gasteiger partial charge >= 0.3 is 6.18 Å². The van der Waals surface area contributed by atoms with Gasteiger partial charge < -0.3 is 4.74 Å². The first-order valence-electron chi connectivity index (χ1n) is 12.2. The Hall–Kier alpha value is -3.74. The van der Waals surface area contributed by atoms with Gasteiger partial charge in [0.1, 0.15) is 23.2 Å². The molecule has 38 heavy (non-hydrogen) atoms. The quantitative estimate of drug-likeness (QED) is 0.155. The zero-order valence-corrected chi connectivity index (χ0v) is 20.7. The van der Waals surface area contributed by atoms with Crippen molar-refractivity contribution in [1.82, 2.24) is 0 Å². The normalized spacial score (nSPS) is 12.0. The maximum atomic E-state index is 15.3. The minimum absolute atomic E-state index is 0.106. The lowest BCUT2D eigenvalue weighted by Crippen LogP contribution is -2.19. The molecule has 0 aromatic heterocycles. The van der Waals surface area contributed by atoms with Crippen LogP contribution in [-0.2, 0) is 19.3 Å². The molecule has 0 radical (unpaired) electrons. The van der Waals surface area contributed by atoms with E-state index in [9.17, 15) is 22.0 Å². The first-order chi connectivity index (χ1) is 18.1. The van der Waals surface area contributed by atoms with Crippen LogP contribution in [0.15, 0.2) is 78.9 Å². The van der Waals surface area contributed by atoms with Crippen molar-refractivity contribution in [2.75, 3.05) is 6.61 Å². The molecule has 7 heteroatoms. The Balaban J connectivity index is 1.49. The summed E-state index contributed by atoms with van der Waals surface area (Å²) in [5.41, 5.74) is 2.04. The van der Waals surface area contributed by atoms with Gasteiger partial charge in [-0.3, -0.25) is 0 Å². The summed E-state index contributed by atoms with van der Waals surface area (Å²) < 4.78 is 86.5. The largest absolute Gasteiger partial charge is 0.484 e. The summed E-state index contributed by atoms with van der Waals surface area (Å²) in [6.45, 7) is 0.524. The van der Waals surface area contributed by atoms with Gasteiger partial charge in [0.05, 0.1) is 5.56 Å². The van der Waals surface area contributed by atoms with Crippen molar-refractivity contribution in [3.8, 4) is 16.9 Å². The van der Waals surface area contributed by atoms with Gasteiger partial charge in [0.25, 0.3) is 0 Å². The number of allylic oxidation sites excluding steroid dienone is 2. The molecule has 0 N–H and O–H groups in total. The first-order valence-corrected chi connectivity index (χ1v) is 12.2. The molecule has 4 aromatic rings. The van der Waals surface area contributed by atoms with Crippen LogP contribution in [0.5, 0.6) is 5.75 Å². The number of rotatable bonds is 9. The molecule has 4 aromatic carbocycles. The molecule has 0 atom stereocenters. The number of aryl methyl sites for hydroxylation is 3. The van der Waals surface area contributed by atoms with Crippen LogP contribution in [0.4, 0.5) is 26.3 Å². The van der Waals surface area contributed by atoms with Crippen LogP contribution in [0.2, 0.25) is 0 Å². The summed E-state index contributed by atoms with van der Waals surface area (Å²) >= 11 is 0. The number of ether oxygens (including phenoxy) is 1. The van der Waals surface area contributed by atoms with Gasteiger partial charge in [0.2, 0.25) is 0 Å². The molecule has 1 nitrogen and oxygen atoms in total. The first kappa shape index (κ1) is 27.3. The zero-order valence-electron chi connectivity index (χ0n) is 20.7. The van der Waals surface area contributed by atoms with Crippen LogP contribution in [0.25, 0.3) is 21.9 Å². The van der Waals surface area contributed by atoms with E-state index in [1.807, 2.05) is 19.1 Å². The lowest BCUT2D eigenvalue weighted by Gasteiger charge is -2.12. The molecule has 0 aliphatic heterocycles. The van der Waals surface area contributed by atoms with Crippen molar-refractivity contribution in [3.05, 3.63) is 113 Å². The van der Waals surface area contributed by atoms with Gasteiger partial charge in [0, 0.05) is 5.39 Å². The van der Waals surface area contributed by atoms with Crippen LogP contribution >= 0.6 is 0 Å². The van der Waals surface area contributed by atoms with Gasteiger partial charge in [0.15, 0.2) is 6.61 Å². The minimum Gasteiger partial charge on any atom is -0.484 e. The second kappa shape index (κ2) is 11.8. The minimum atomic E-state index is -4.41. The van der Waals surface area contributed by atoms with E-state index in [1.165, 1.54) is 36.4 Å². The van der Waals surface area contributed by atoms with Gasteiger partial charge in [-0.2, -0.15) is 13.2 Å². The van der Waals surface area contributed by atoms with E-state index in [2.05, 4.69) is 0 Å². The van der Waals surface area contributed by atoms with E-state index in [0.29, 0.717) is 53.1 Å². The molecular formula is C31H26F6O. The smallest absolute Gasteiger partial charge is 0.422 e. The van der Waals surface area contributed by atoms with Crippen molar-refractivity contribution in [2.24, 2.45) is 0 Å². The fourth-order valence-electron chi connectivity index (χ4n) is 4.34. The van der Waals surface area contributed by atoms with E-state index < -0.39 is 30.2 Å². The highest BCUT2D eigenvalue weighted by atomic mass is 19.4. The Labute approximate surface area is 217 Å². The molecule has 0 saturated heterocycles. The fourth-order valence-corrected chi connectivity index (χ4v) is 4.34. The van der Waals surface area contributed by atoms with E-state index in [4.69, 9.17) is 4.74 Å². The van der Waals surface area contributed by atoms with Crippen LogP contribution in [0.1, 0.15) is 30.0 Å². The van der Waals surface area contributed by atoms with Gasteiger partial charge in [-0.15, -0.1) is 0 Å². The number of benzene rings is 4. The number of hydrogen-bond acceptors (Lipinski definition) is 1. The monoisotopic (exact) mass is 528 g/mol. The Bertz CT molecular complexity index is 1410. The van der Waals surface area contributed by atoms with Gasteiger partial charge in [-0.1, -0.05) is 48.6 Å². The Morgan fingerprint density at radius 3 is 2.13 bits per heavy atom. The number of halogens is 6. The zero-order chi connectivity index (χ0) is 27.3. The molecule has 0 heterocycles. The second-order valence-electron chi connectivity index (χ2n) is 9.06. The van der Waals surface area contributed by atoms with Crippen LogP contribution in [-0.4, -0.2) is 12.8 Å². The Morgan fingerprint density at radius 2 is 1.47 bits per heavy atom. The molecule has 4 rings (SSSR count). The molecule has 0 bridgehead atoms. The molecular weight excluding hydrogens is 502 g/mol. The van der Waals surface area contributed by atoms with Gasteiger partial charge in [-0.25, -0.2) is 13.2 Å². The average Bonchev–Trinajstić information content (AvgIpc) is 2.87. The van der Waals surface area contributed by atoms with Gasteiger partial charge in [-0.05, 0) is 90.6 Å². The highest BCUT2D eigenvalue weighted by Crippen LogP contribution is 2.32. The lowest BCUT2D eigenvalue weighted by molar-refractivity contribution is -0.153. The van der Waals surface area contributed by atoms with E-state index in [-0.39, 0.29) is 11.3 Å². The molecule has 0 amide bonds. The van der Waals surface area contributed by atoms with Crippen molar-refractivity contribution in [3.63, 3.8) is 0 Å². The van der Waals surface area contributed by atoms with Crippen molar-refractivity contribution >= 4 is 10.8 Å². The summed E-state index contributed by atoms with van der Waals surface area (Å²) in [6, 6.07) is 16.8. The van der Waals surface area contributed by atoms with Crippen LogP contribution in [0, 0.1) is 17.5 Å². The standard InChI is InChI=1S/C31H26F6O/c1-2-3-4-5-21-16-27(32)29(28(33)17-21)24-12-15-26-23(18-24)11-10-22(30(26)34)9-6-20-7-13-25(14-8-20)38-19-31(35,36)37/h2-3,7-8,10-18H,4-6,9,19H2,1H3/b3-2+. The number of alkyl halides is 3. The predicted octanol–water partition coefficient (Wildman–Crippen LogP) is 9.16. The van der Waals surface area contributed by atoms with E-state index >= 15 is 4.39 Å². The summed E-state index contributed by atoms with van der Waals surface area (Å²) in [7, 11) is 0. The summed E-state index contributed by atoms with van der Waals surface area (Å²) in [6.07, 6.45) is 1.46. The molecule has 0 aliphatic rings. The van der Waals surface area contributed by atoms with Crippen LogP contribution < -0.4 is 4.74 Å². The predicted molar refractivity (Wildman–Crippen MR) is 138 cm³/mol. The number of hydrogen-bond donors (Lipinski definition) is 0. The van der Waals surface area contributed by atoms with E-state index in [1.54, 1.807) is 30.3 Å². The Kier molecular flexibility index (Phi) is 8.45. The molecule has 0 aliphatic carbocycles. The summed E-state index contributed by atoms with van der Waals surface area (Å²) in [5.74, 6) is -1.63. The number of fused-ring (bicyclic) bond motifs is 1. The van der Waals surface area contributed by atoms with Crippen molar-refractivity contribution < 1.29 is 31.1 Å². The maximum absolute atomic E-state index is 15.3. The lowest BCUT2D eigenvalue weighted by atomic mass is 9.95. The third-order valence-electron chi connectivity index (χ3n) is 6.27. The van der Waals surface area contributed by atoms with Crippen molar-refractivity contribution in [2.45, 2.75) is 38.8 Å². The molecule has 198 valence electrons. The summed E-state index contributed by atoms with van der Waals surface area (Å²) in [5, 5.41) is 0.858. The average molecular weight is 529 g/mol. The summed E-state index contributed by atoms with van der Waals surface area (Å²) in [4.78, 5) is 0. The second-order valence-corrected chi connectivity index (χ2v) is 9.06. The third-order valence-corrected chi connectivity index (χ3v) is 6.27. The van der Waals surface area contributed by atoms with E-state index in [0.717, 1.165) is 5.56 Å². The molecule has 0 unspecified atom stereocenters. The molecule has 0 saturated carbocycles. The SMILES string of the molecule is C/C=C/CCc1cc(F)c(-c2ccc3c(F)c(CCc4ccc(OCC(F)(F)F)cc4)ccc3c2)c(F)c1.